The zero-order chi connectivity index (χ0) is 62.3. The summed E-state index contributed by atoms with van der Waals surface area (Å²) in [6.45, 7) is 9.32. The molecule has 4 heterocycles. The molecule has 4 saturated heterocycles. The fourth-order valence-corrected chi connectivity index (χ4v) is 14.0. The average Bonchev–Trinajstić information content (AvgIpc) is 2.68. The number of methoxy groups -OCH3 is 2. The lowest BCUT2D eigenvalue weighted by molar-refractivity contribution is -0.0909. The number of aromatic hydroxyl groups is 1. The molecule has 0 unspecified atom stereocenters. The monoisotopic (exact) mass is 1250 g/mol. The summed E-state index contributed by atoms with van der Waals surface area (Å²) in [7, 11) is -4.96. The molecule has 0 aromatic heterocycles. The number of carbonyl (C=O) groups excluding carboxylic acids is 2. The third-order valence-corrected chi connectivity index (χ3v) is 19.0. The molecule has 0 saturated carbocycles. The molecule has 5 aromatic rings. The number of nitrogens with one attached hydrogen (secondary N) is 2. The number of rotatable bonds is 27. The van der Waals surface area contributed by atoms with Crippen molar-refractivity contribution in [1.29, 1.82) is 0 Å². The van der Waals surface area contributed by atoms with Crippen molar-refractivity contribution in [1.82, 2.24) is 19.2 Å². The van der Waals surface area contributed by atoms with E-state index >= 15 is 0 Å². The minimum Gasteiger partial charge on any atom is -0.508 e. The lowest BCUT2D eigenvalue weighted by Crippen LogP contribution is -2.51. The number of fused-ring (bicyclic) bond motifs is 2. The number of phenols is 1. The zero-order valence-electron chi connectivity index (χ0n) is 49.9. The molecule has 4 aliphatic rings. The lowest BCUT2D eigenvalue weighted by Gasteiger charge is -2.31. The molecule has 9 rings (SSSR count). The Morgan fingerprint density at radius 2 is 0.943 bits per heavy atom. The van der Waals surface area contributed by atoms with Gasteiger partial charge in [-0.25, -0.2) is 26.4 Å². The molecule has 5 aromatic carbocycles. The number of nitrogens with zero attached hydrogens (tertiary/aromatic N) is 2. The molecule has 474 valence electrons. The number of alkyl carbamates (subject to hydrolysis) is 2. The van der Waals surface area contributed by atoms with E-state index in [0.29, 0.717) is 37.1 Å². The number of benzene rings is 5. The molecule has 10 atom stereocenters. The number of amides is 2. The highest BCUT2D eigenvalue weighted by Gasteiger charge is 2.46. The van der Waals surface area contributed by atoms with Gasteiger partial charge in [-0.3, -0.25) is 0 Å². The predicted octanol–water partition coefficient (Wildman–Crippen LogP) is 6.89. The van der Waals surface area contributed by atoms with E-state index in [1.165, 1.54) is 59.2 Å². The van der Waals surface area contributed by atoms with Gasteiger partial charge in [0.2, 0.25) is 20.0 Å². The first kappa shape index (κ1) is 66.4. The van der Waals surface area contributed by atoms with Gasteiger partial charge in [-0.1, -0.05) is 82.3 Å². The molecule has 0 bridgehead atoms. The van der Waals surface area contributed by atoms with Gasteiger partial charge < -0.3 is 68.6 Å². The van der Waals surface area contributed by atoms with Crippen LogP contribution in [0.1, 0.15) is 57.2 Å². The summed E-state index contributed by atoms with van der Waals surface area (Å²) in [5.41, 5.74) is 2.58. The Hall–Kier alpha value is -6.58. The molecule has 2 amide bonds. The van der Waals surface area contributed by atoms with Gasteiger partial charge in [-0.2, -0.15) is 8.61 Å². The lowest BCUT2D eigenvalue weighted by atomic mass is 10.0. The molecule has 5 N–H and O–H groups in total. The van der Waals surface area contributed by atoms with Gasteiger partial charge in [-0.05, 0) is 127 Å². The number of aliphatic hydroxyl groups excluding tert-OH is 2. The molecular weight excluding hydrogens is 1160 g/mol. The van der Waals surface area contributed by atoms with Crippen LogP contribution in [-0.4, -0.2) is 169 Å². The number of sulfonamides is 2. The second kappa shape index (κ2) is 31.0. The Morgan fingerprint density at radius 3 is 1.34 bits per heavy atom. The summed E-state index contributed by atoms with van der Waals surface area (Å²) in [6, 6.07) is 34.0. The smallest absolute Gasteiger partial charge is 0.407 e. The minimum atomic E-state index is -3.99. The van der Waals surface area contributed by atoms with Crippen LogP contribution >= 0.6 is 0 Å². The Labute approximate surface area is 510 Å². The van der Waals surface area contributed by atoms with Crippen molar-refractivity contribution in [3.63, 3.8) is 0 Å². The summed E-state index contributed by atoms with van der Waals surface area (Å²) in [5, 5.41) is 38.2. The molecule has 0 radical (unpaired) electrons. The third-order valence-electron chi connectivity index (χ3n) is 15.4. The van der Waals surface area contributed by atoms with E-state index in [0.717, 1.165) is 29.5 Å². The number of phenolic OH excluding ortho intramolecular Hbond substituents is 1. The highest BCUT2D eigenvalue weighted by molar-refractivity contribution is 7.89. The normalized spacial score (nSPS) is 21.3. The van der Waals surface area contributed by atoms with Crippen LogP contribution in [0.2, 0.25) is 0 Å². The number of aliphatic hydroxyl groups is 2. The van der Waals surface area contributed by atoms with E-state index in [-0.39, 0.29) is 104 Å². The second-order valence-electron chi connectivity index (χ2n) is 22.8. The van der Waals surface area contributed by atoms with Crippen molar-refractivity contribution in [3.8, 4) is 23.0 Å². The van der Waals surface area contributed by atoms with Crippen LogP contribution in [0.3, 0.4) is 0 Å². The average molecular weight is 1250 g/mol. The molecule has 0 spiro atoms. The first-order valence-electron chi connectivity index (χ1n) is 29.3. The van der Waals surface area contributed by atoms with Crippen molar-refractivity contribution >= 4 is 32.2 Å². The number of hydrogen-bond donors (Lipinski definition) is 5. The Morgan fingerprint density at radius 1 is 0.540 bits per heavy atom. The first-order valence-corrected chi connectivity index (χ1v) is 32.2. The SMILES string of the molecule is COc1ccc(S(=O)(=O)N(CC(C)C)C[C@@H](O)[C@H](Cc2ccc(O)cc2)NC(=O)O[C@H]2CO[C@H]3OCC[C@H]32)cc1.COc1ccc(S(=O)(=O)N(CC(C)C)C[C@@H](O)[C@H](Cc2ccc(OCc3ccccc3)cc2)NC(=O)O[C@H]2CO[C@H]3OCC[C@H]32)cc1. The summed E-state index contributed by atoms with van der Waals surface area (Å²) in [5.74, 6) is 1.64. The van der Waals surface area contributed by atoms with Gasteiger partial charge in [0.25, 0.3) is 0 Å². The van der Waals surface area contributed by atoms with Gasteiger partial charge in [0, 0.05) is 26.2 Å². The maximum atomic E-state index is 13.8. The molecule has 24 heteroatoms. The fourth-order valence-electron chi connectivity index (χ4n) is 10.7. The molecule has 22 nitrogen and oxygen atoms in total. The Kier molecular flexibility index (Phi) is 23.7. The summed E-state index contributed by atoms with van der Waals surface area (Å²) in [6.07, 6.45) is -3.91. The largest absolute Gasteiger partial charge is 0.508 e. The van der Waals surface area contributed by atoms with Crippen LogP contribution < -0.4 is 24.8 Å². The maximum absolute atomic E-state index is 13.8. The van der Waals surface area contributed by atoms with E-state index in [9.17, 15) is 41.7 Å². The predicted molar refractivity (Wildman–Crippen MR) is 320 cm³/mol. The summed E-state index contributed by atoms with van der Waals surface area (Å²) in [4.78, 5) is 26.3. The maximum Gasteiger partial charge on any atom is 0.407 e. The van der Waals surface area contributed by atoms with Crippen LogP contribution in [0.4, 0.5) is 9.59 Å². The topological polar surface area (TPSA) is 277 Å². The quantitative estimate of drug-likeness (QED) is 0.0358. The Bertz CT molecular complexity index is 3180. The Balaban J connectivity index is 0.000000229. The van der Waals surface area contributed by atoms with Gasteiger partial charge >= 0.3 is 12.2 Å². The third kappa shape index (κ3) is 18.5. The zero-order valence-corrected chi connectivity index (χ0v) is 51.6. The van der Waals surface area contributed by atoms with Crippen LogP contribution in [0.25, 0.3) is 0 Å². The van der Waals surface area contributed by atoms with Crippen molar-refractivity contribution in [2.45, 2.75) is 119 Å². The number of hydrogen-bond acceptors (Lipinski definition) is 18. The van der Waals surface area contributed by atoms with Crippen molar-refractivity contribution < 1.29 is 84.4 Å². The van der Waals surface area contributed by atoms with Crippen LogP contribution in [0, 0.1) is 23.7 Å². The summed E-state index contributed by atoms with van der Waals surface area (Å²) >= 11 is 0. The highest BCUT2D eigenvalue weighted by Crippen LogP contribution is 2.35. The number of ether oxygens (including phenoxy) is 9. The van der Waals surface area contributed by atoms with Crippen LogP contribution in [0.15, 0.2) is 137 Å². The molecule has 0 aliphatic carbocycles. The standard InChI is InChI=1S/C35H44N2O9S.C28H38N2O9S/c1-24(2)20-37(47(40,41)29-15-13-27(42-3)14-16-29)21-32(38)31(36-35(39)46-33-23-45-34-30(33)17-18-43-34)19-25-9-11-28(12-10-25)44-22-26-7-5-4-6-8-26;1-18(2)15-30(40(34,35)22-10-8-21(36-3)9-11-22)16-25(32)24(14-19-4-6-20(31)7-5-19)29-28(33)39-26-17-38-27-23(26)12-13-37-27/h4-16,24,30-34,38H,17-23H2,1-3H3,(H,36,39);4-11,18,23-27,31-32H,12-17H2,1-3H3,(H,29,33)/t30-,31-,32+,33-,34+;23-,24-,25+,26-,27+/m00/s1. The fraction of sp³-hybridized carbons (Fsp3) is 0.492. The van der Waals surface area contributed by atoms with E-state index in [4.69, 9.17) is 42.6 Å². The van der Waals surface area contributed by atoms with E-state index in [1.54, 1.807) is 36.4 Å². The van der Waals surface area contributed by atoms with Crippen molar-refractivity contribution in [3.05, 3.63) is 144 Å². The highest BCUT2D eigenvalue weighted by atomic mass is 32.2. The van der Waals surface area contributed by atoms with Crippen molar-refractivity contribution in [2.24, 2.45) is 23.7 Å². The van der Waals surface area contributed by atoms with Gasteiger partial charge in [-0.15, -0.1) is 0 Å². The molecule has 4 fully saturated rings. The van der Waals surface area contributed by atoms with Gasteiger partial charge in [0.05, 0.1) is 86.6 Å². The van der Waals surface area contributed by atoms with E-state index in [2.05, 4.69) is 10.6 Å². The van der Waals surface area contributed by atoms with Gasteiger partial charge in [0.1, 0.15) is 41.8 Å². The van der Waals surface area contributed by atoms with Gasteiger partial charge in [0.15, 0.2) is 12.6 Å². The first-order chi connectivity index (χ1) is 41.7. The summed E-state index contributed by atoms with van der Waals surface area (Å²) < 4.78 is 107. The van der Waals surface area contributed by atoms with E-state index in [1.807, 2.05) is 82.3 Å². The van der Waals surface area contributed by atoms with Crippen molar-refractivity contribution in [2.75, 3.05) is 66.8 Å². The molecule has 4 aliphatic heterocycles. The second-order valence-corrected chi connectivity index (χ2v) is 26.7. The molecular formula is C63H82N4O18S2. The number of carbonyl (C=O) groups is 2. The minimum absolute atomic E-state index is 0.0287. The molecule has 87 heavy (non-hydrogen) atoms. The van der Waals surface area contributed by atoms with Crippen LogP contribution in [-0.2, 0) is 67.9 Å². The van der Waals surface area contributed by atoms with Crippen LogP contribution in [0.5, 0.6) is 23.0 Å². The van der Waals surface area contributed by atoms with E-state index < -0.39 is 68.7 Å².